The van der Waals surface area contributed by atoms with E-state index in [1.165, 1.54) is 32.7 Å². The number of hydrogen-bond donors (Lipinski definition) is 0. The van der Waals surface area contributed by atoms with E-state index in [0.717, 1.165) is 13.0 Å². The van der Waals surface area contributed by atoms with E-state index < -0.39 is 0 Å². The van der Waals surface area contributed by atoms with E-state index in [1.54, 1.807) is 0 Å². The van der Waals surface area contributed by atoms with E-state index in [-0.39, 0.29) is 0 Å². The second kappa shape index (κ2) is 5.27. The van der Waals surface area contributed by atoms with Gasteiger partial charge in [0, 0.05) is 29.3 Å². The maximum Gasteiger partial charge on any atom is 0.0512 e. The molecule has 4 rings (SSSR count). The molecule has 0 N–H and O–H groups in total. The molecule has 1 atom stereocenters. The molecule has 106 valence electrons. The third kappa shape index (κ3) is 2.18. The summed E-state index contributed by atoms with van der Waals surface area (Å²) < 4.78 is 2.46. The largest absolute Gasteiger partial charge is 0.347 e. The van der Waals surface area contributed by atoms with Crippen molar-refractivity contribution < 1.29 is 0 Å². The summed E-state index contributed by atoms with van der Waals surface area (Å²) >= 11 is 2.00. The fourth-order valence-corrected chi connectivity index (χ4v) is 4.64. The van der Waals surface area contributed by atoms with Crippen LogP contribution in [0.1, 0.15) is 24.0 Å². The van der Waals surface area contributed by atoms with Crippen molar-refractivity contribution in [2.45, 2.75) is 30.7 Å². The predicted molar refractivity (Wildman–Crippen MR) is 91.2 cm³/mol. The first-order chi connectivity index (χ1) is 10.4. The minimum Gasteiger partial charge on any atom is -0.347 e. The molecule has 21 heavy (non-hydrogen) atoms. The molecule has 2 heterocycles. The Morgan fingerprint density at radius 1 is 1.10 bits per heavy atom. The van der Waals surface area contributed by atoms with Gasteiger partial charge in [0.15, 0.2) is 0 Å². The van der Waals surface area contributed by atoms with E-state index >= 15 is 0 Å². The molecule has 1 aliphatic heterocycles. The van der Waals surface area contributed by atoms with Crippen molar-refractivity contribution in [1.82, 2.24) is 4.57 Å². The highest BCUT2D eigenvalue weighted by atomic mass is 32.2. The Balaban J connectivity index is 1.73. The van der Waals surface area contributed by atoms with E-state index in [1.807, 2.05) is 11.8 Å². The van der Waals surface area contributed by atoms with Gasteiger partial charge in [0.05, 0.1) is 5.52 Å². The molecule has 0 radical (unpaired) electrons. The van der Waals surface area contributed by atoms with Crippen molar-refractivity contribution in [1.29, 1.82) is 0 Å². The fraction of sp³-hybridized carbons (Fsp3) is 0.263. The molecular formula is C19H19NS. The van der Waals surface area contributed by atoms with Gasteiger partial charge in [-0.2, -0.15) is 0 Å². The van der Waals surface area contributed by atoms with Crippen LogP contribution in [0, 0.1) is 0 Å². The standard InChI is InChI=1S/C19H19NS/c1-2-14-6-5-7-15-10-11-20(19(14)15)12-16-13-21-18-9-4-3-8-17(16)18/h3-11,16H,2,12-13H2,1H3. The molecule has 2 heteroatoms. The molecule has 1 nitrogen and oxygen atoms in total. The van der Waals surface area contributed by atoms with Crippen molar-refractivity contribution in [3.05, 3.63) is 65.9 Å². The molecule has 0 saturated carbocycles. The van der Waals surface area contributed by atoms with Crippen LogP contribution in [0.2, 0.25) is 0 Å². The predicted octanol–water partition coefficient (Wildman–Crippen LogP) is 5.09. The van der Waals surface area contributed by atoms with E-state index in [0.29, 0.717) is 5.92 Å². The van der Waals surface area contributed by atoms with E-state index in [4.69, 9.17) is 0 Å². The first-order valence-electron chi connectivity index (χ1n) is 7.65. The molecule has 3 aromatic rings. The smallest absolute Gasteiger partial charge is 0.0512 e. The first kappa shape index (κ1) is 13.0. The number of fused-ring (bicyclic) bond motifs is 2. The number of aryl methyl sites for hydroxylation is 1. The molecule has 1 aliphatic rings. The topological polar surface area (TPSA) is 4.93 Å². The number of nitrogens with zero attached hydrogens (tertiary/aromatic N) is 1. The molecular weight excluding hydrogens is 274 g/mol. The Kier molecular flexibility index (Phi) is 3.27. The van der Waals surface area contributed by atoms with Crippen molar-refractivity contribution >= 4 is 22.7 Å². The van der Waals surface area contributed by atoms with Crippen LogP contribution in [0.5, 0.6) is 0 Å². The summed E-state index contributed by atoms with van der Waals surface area (Å²) in [5, 5.41) is 1.37. The van der Waals surface area contributed by atoms with Gasteiger partial charge in [-0.1, -0.05) is 43.3 Å². The van der Waals surface area contributed by atoms with Crippen molar-refractivity contribution in [2.75, 3.05) is 5.75 Å². The Morgan fingerprint density at radius 2 is 2.00 bits per heavy atom. The summed E-state index contributed by atoms with van der Waals surface area (Å²) in [4.78, 5) is 1.47. The second-order valence-electron chi connectivity index (χ2n) is 5.72. The van der Waals surface area contributed by atoms with Crippen molar-refractivity contribution in [3.63, 3.8) is 0 Å². The maximum absolute atomic E-state index is 2.46. The summed E-state index contributed by atoms with van der Waals surface area (Å²) in [6.45, 7) is 3.33. The molecule has 0 saturated heterocycles. The van der Waals surface area contributed by atoms with Gasteiger partial charge in [0.2, 0.25) is 0 Å². The SMILES string of the molecule is CCc1cccc2ccn(CC3CSc4ccccc43)c12. The number of hydrogen-bond acceptors (Lipinski definition) is 1. The lowest BCUT2D eigenvalue weighted by Gasteiger charge is -2.14. The molecule has 0 amide bonds. The van der Waals surface area contributed by atoms with Crippen LogP contribution in [-0.2, 0) is 13.0 Å². The zero-order valence-electron chi connectivity index (χ0n) is 12.3. The van der Waals surface area contributed by atoms with Gasteiger partial charge in [-0.05, 0) is 35.1 Å². The minimum absolute atomic E-state index is 0.631. The molecule has 0 spiro atoms. The zero-order chi connectivity index (χ0) is 14.2. The highest BCUT2D eigenvalue weighted by molar-refractivity contribution is 7.99. The zero-order valence-corrected chi connectivity index (χ0v) is 13.1. The number of rotatable bonds is 3. The number of benzene rings is 2. The molecule has 0 fully saturated rings. The van der Waals surface area contributed by atoms with Gasteiger partial charge in [-0.3, -0.25) is 0 Å². The first-order valence-corrected chi connectivity index (χ1v) is 8.64. The maximum atomic E-state index is 2.46. The van der Waals surface area contributed by atoms with Gasteiger partial charge < -0.3 is 4.57 Å². The highest BCUT2D eigenvalue weighted by Crippen LogP contribution is 2.40. The Bertz CT molecular complexity index is 787. The second-order valence-corrected chi connectivity index (χ2v) is 6.78. The number of para-hydroxylation sites is 1. The third-order valence-corrected chi connectivity index (χ3v) is 5.72. The summed E-state index contributed by atoms with van der Waals surface area (Å²) in [6, 6.07) is 17.8. The van der Waals surface area contributed by atoms with Crippen molar-refractivity contribution in [2.24, 2.45) is 0 Å². The lowest BCUT2D eigenvalue weighted by atomic mass is 10.0. The Hall–Kier alpha value is -1.67. The average molecular weight is 293 g/mol. The van der Waals surface area contributed by atoms with Crippen molar-refractivity contribution in [3.8, 4) is 0 Å². The highest BCUT2D eigenvalue weighted by Gasteiger charge is 2.23. The number of aromatic nitrogens is 1. The monoisotopic (exact) mass is 293 g/mol. The Morgan fingerprint density at radius 3 is 2.90 bits per heavy atom. The van der Waals surface area contributed by atoms with Crippen LogP contribution in [0.15, 0.2) is 59.6 Å². The fourth-order valence-electron chi connectivity index (χ4n) is 3.40. The summed E-state index contributed by atoms with van der Waals surface area (Å²) in [5.41, 5.74) is 4.41. The van der Waals surface area contributed by atoms with Crippen LogP contribution in [0.4, 0.5) is 0 Å². The summed E-state index contributed by atoms with van der Waals surface area (Å²) in [7, 11) is 0. The van der Waals surface area contributed by atoms with Gasteiger partial charge >= 0.3 is 0 Å². The lowest BCUT2D eigenvalue weighted by Crippen LogP contribution is -2.08. The molecule has 0 bridgehead atoms. The van der Waals surface area contributed by atoms with Gasteiger partial charge in [0.25, 0.3) is 0 Å². The molecule has 1 aromatic heterocycles. The van der Waals surface area contributed by atoms with Crippen LogP contribution in [0.25, 0.3) is 10.9 Å². The molecule has 2 aromatic carbocycles. The normalized spacial score (nSPS) is 17.3. The van der Waals surface area contributed by atoms with E-state index in [9.17, 15) is 0 Å². The van der Waals surface area contributed by atoms with Gasteiger partial charge in [0.1, 0.15) is 0 Å². The third-order valence-electron chi connectivity index (χ3n) is 4.47. The van der Waals surface area contributed by atoms with Gasteiger partial charge in [-0.15, -0.1) is 11.8 Å². The summed E-state index contributed by atoms with van der Waals surface area (Å²) in [5.74, 6) is 1.83. The van der Waals surface area contributed by atoms with Crippen LogP contribution in [0.3, 0.4) is 0 Å². The van der Waals surface area contributed by atoms with Crippen LogP contribution < -0.4 is 0 Å². The molecule has 1 unspecified atom stereocenters. The van der Waals surface area contributed by atoms with E-state index in [2.05, 4.69) is 66.2 Å². The Labute approximate surface area is 130 Å². The number of thioether (sulfide) groups is 1. The quantitative estimate of drug-likeness (QED) is 0.651. The minimum atomic E-state index is 0.631. The molecule has 0 aliphatic carbocycles. The summed E-state index contributed by atoms with van der Waals surface area (Å²) in [6.07, 6.45) is 3.35. The van der Waals surface area contributed by atoms with Gasteiger partial charge in [-0.25, -0.2) is 0 Å². The van der Waals surface area contributed by atoms with Crippen LogP contribution >= 0.6 is 11.8 Å². The lowest BCUT2D eigenvalue weighted by molar-refractivity contribution is 0.621. The average Bonchev–Trinajstić information content (AvgIpc) is 3.13. The van der Waals surface area contributed by atoms with Crippen LogP contribution in [-0.4, -0.2) is 10.3 Å².